The Morgan fingerprint density at radius 2 is 0.971 bits per heavy atom. The van der Waals surface area contributed by atoms with E-state index in [4.69, 9.17) is 28.9 Å². The smallest absolute Gasteiger partial charge is 0.222 e. The summed E-state index contributed by atoms with van der Waals surface area (Å²) in [7, 11) is 3.24. The van der Waals surface area contributed by atoms with Gasteiger partial charge < -0.3 is 18.9 Å². The number of methoxy groups -OCH3 is 2. The van der Waals surface area contributed by atoms with Crippen LogP contribution in [0.25, 0.3) is 0 Å². The van der Waals surface area contributed by atoms with Gasteiger partial charge in [-0.2, -0.15) is 12.6 Å². The van der Waals surface area contributed by atoms with Gasteiger partial charge in [0.2, 0.25) is 11.8 Å². The molecule has 0 aliphatic carbocycles. The normalized spacial score (nSPS) is 11.2. The third kappa shape index (κ3) is 7.02. The zero-order valence-corrected chi connectivity index (χ0v) is 21.2. The van der Waals surface area contributed by atoms with Gasteiger partial charge in [-0.1, -0.05) is 36.4 Å². The third-order valence-corrected chi connectivity index (χ3v) is 4.56. The number of hydrogen-bond acceptors (Lipinski definition) is 7. The van der Waals surface area contributed by atoms with Crippen LogP contribution in [0.1, 0.15) is 25.0 Å². The molecule has 3 rings (SSSR count). The van der Waals surface area contributed by atoms with Crippen molar-refractivity contribution in [2.75, 3.05) is 33.7 Å². The summed E-state index contributed by atoms with van der Waals surface area (Å²) in [6.45, 7) is 4.76. The largest absolute Gasteiger partial charge is 0.494 e. The topological polar surface area (TPSA) is 61.6 Å². The second kappa shape index (κ2) is 14.6. The number of hydrogen-bond donors (Lipinski definition) is 1. The molecule has 0 unspecified atom stereocenters. The summed E-state index contributed by atoms with van der Waals surface area (Å²) in [5, 5.41) is 0. The summed E-state index contributed by atoms with van der Waals surface area (Å²) in [4.78, 5) is 9.53. The van der Waals surface area contributed by atoms with E-state index in [-0.39, 0.29) is 0 Å². The molecule has 0 bridgehead atoms. The fourth-order valence-corrected chi connectivity index (χ4v) is 3.13. The molecular formula is C27H32N2O4S. The first-order valence-electron chi connectivity index (χ1n) is 10.9. The Hall–Kier alpha value is -3.45. The quantitative estimate of drug-likeness (QED) is 0.228. The molecule has 0 aromatic heterocycles. The van der Waals surface area contributed by atoms with Crippen LogP contribution >= 0.6 is 12.6 Å². The van der Waals surface area contributed by atoms with E-state index in [9.17, 15) is 0 Å². The molecule has 34 heavy (non-hydrogen) atoms. The Bertz CT molecular complexity index is 1010. The molecule has 180 valence electrons. The minimum absolute atomic E-state index is 0.454. The highest BCUT2D eigenvalue weighted by Crippen LogP contribution is 2.30. The van der Waals surface area contributed by atoms with Gasteiger partial charge in [0.1, 0.15) is 22.9 Å². The summed E-state index contributed by atoms with van der Waals surface area (Å²) in [5.74, 6) is 2.24. The predicted molar refractivity (Wildman–Crippen MR) is 143 cm³/mol. The number of ether oxygens (including phenoxy) is 4. The Balaban J connectivity index is 0.00000199. The predicted octanol–water partition coefficient (Wildman–Crippen LogP) is 6.48. The van der Waals surface area contributed by atoms with E-state index in [0.29, 0.717) is 47.9 Å². The molecule has 0 amide bonds. The van der Waals surface area contributed by atoms with E-state index < -0.39 is 0 Å². The van der Waals surface area contributed by atoms with Crippen LogP contribution in [0.4, 0.5) is 11.4 Å². The Morgan fingerprint density at radius 3 is 1.32 bits per heavy atom. The molecule has 0 atom stereocenters. The van der Waals surface area contributed by atoms with E-state index in [2.05, 4.69) is 12.6 Å². The van der Waals surface area contributed by atoms with Gasteiger partial charge in [-0.15, -0.1) is 0 Å². The maximum Gasteiger partial charge on any atom is 0.222 e. The molecule has 0 aliphatic rings. The minimum atomic E-state index is 0.454. The number of thiol groups is 1. The Kier molecular flexibility index (Phi) is 11.5. The summed E-state index contributed by atoms with van der Waals surface area (Å²) < 4.78 is 22.8. The van der Waals surface area contributed by atoms with Crippen molar-refractivity contribution in [2.24, 2.45) is 9.98 Å². The van der Waals surface area contributed by atoms with Gasteiger partial charge >= 0.3 is 0 Å². The van der Waals surface area contributed by atoms with E-state index in [1.807, 2.05) is 86.6 Å². The average Bonchev–Trinajstić information content (AvgIpc) is 2.90. The number of benzene rings is 3. The molecule has 0 saturated heterocycles. The number of rotatable bonds is 8. The van der Waals surface area contributed by atoms with Crippen molar-refractivity contribution in [1.29, 1.82) is 0 Å². The SMILES string of the molecule is CCOC(=Nc1ccccc1OC)c1ccccc1C(=Nc1ccccc1OC)OCC.CS. The standard InChI is InChI=1S/C26H28N2O4.CH4S/c1-5-31-25(27-21-15-9-11-17-23(21)29-3)19-13-7-8-14-20(19)26(32-6-2)28-22-16-10-12-18-24(22)30-4;1-2/h7-18H,5-6H2,1-4H3;2H,1H3. The Labute approximate surface area is 207 Å². The van der Waals surface area contributed by atoms with Gasteiger partial charge in [0.25, 0.3) is 0 Å². The van der Waals surface area contributed by atoms with Crippen LogP contribution in [0.3, 0.4) is 0 Å². The monoisotopic (exact) mass is 480 g/mol. The minimum Gasteiger partial charge on any atom is -0.494 e. The van der Waals surface area contributed by atoms with Crippen molar-refractivity contribution in [3.8, 4) is 11.5 Å². The lowest BCUT2D eigenvalue weighted by molar-refractivity contribution is 0.323. The molecular weight excluding hydrogens is 448 g/mol. The molecule has 0 spiro atoms. The molecule has 0 radical (unpaired) electrons. The van der Waals surface area contributed by atoms with Crippen molar-refractivity contribution in [2.45, 2.75) is 13.8 Å². The first kappa shape index (κ1) is 26.8. The zero-order chi connectivity index (χ0) is 24.8. The molecule has 7 heteroatoms. The summed E-state index contributed by atoms with van der Waals surface area (Å²) in [6, 6.07) is 22.9. The van der Waals surface area contributed by atoms with Gasteiger partial charge in [-0.05, 0) is 56.5 Å². The molecule has 0 N–H and O–H groups in total. The van der Waals surface area contributed by atoms with Gasteiger partial charge in [-0.25, -0.2) is 9.98 Å². The van der Waals surface area contributed by atoms with Gasteiger partial charge in [0.15, 0.2) is 0 Å². The maximum absolute atomic E-state index is 5.95. The summed E-state index contributed by atoms with van der Waals surface area (Å²) in [6.07, 6.45) is 1.69. The maximum atomic E-state index is 5.95. The fraction of sp³-hybridized carbons (Fsp3) is 0.259. The first-order valence-corrected chi connectivity index (χ1v) is 11.8. The summed E-state index contributed by atoms with van der Waals surface area (Å²) >= 11 is 3.53. The van der Waals surface area contributed by atoms with Crippen molar-refractivity contribution < 1.29 is 18.9 Å². The van der Waals surface area contributed by atoms with Crippen LogP contribution in [-0.2, 0) is 9.47 Å². The van der Waals surface area contributed by atoms with Crippen LogP contribution in [0, 0.1) is 0 Å². The summed E-state index contributed by atoms with van der Waals surface area (Å²) in [5.41, 5.74) is 2.88. The Morgan fingerprint density at radius 1 is 0.618 bits per heavy atom. The molecule has 0 fully saturated rings. The first-order chi connectivity index (χ1) is 16.7. The highest BCUT2D eigenvalue weighted by molar-refractivity contribution is 7.79. The highest BCUT2D eigenvalue weighted by atomic mass is 32.1. The molecule has 3 aromatic carbocycles. The van der Waals surface area contributed by atoms with Crippen LogP contribution in [0.2, 0.25) is 0 Å². The molecule has 3 aromatic rings. The van der Waals surface area contributed by atoms with Crippen molar-refractivity contribution in [3.63, 3.8) is 0 Å². The third-order valence-electron chi connectivity index (χ3n) is 4.56. The van der Waals surface area contributed by atoms with Crippen LogP contribution in [-0.4, -0.2) is 45.5 Å². The molecule has 0 saturated carbocycles. The van der Waals surface area contributed by atoms with Crippen molar-refractivity contribution in [1.82, 2.24) is 0 Å². The number of nitrogens with zero attached hydrogens (tertiary/aromatic N) is 2. The van der Waals surface area contributed by atoms with Crippen LogP contribution in [0.15, 0.2) is 82.8 Å². The molecule has 0 heterocycles. The van der Waals surface area contributed by atoms with Crippen LogP contribution in [0.5, 0.6) is 11.5 Å². The lowest BCUT2D eigenvalue weighted by Gasteiger charge is -2.15. The van der Waals surface area contributed by atoms with Gasteiger partial charge in [0.05, 0.1) is 27.4 Å². The lowest BCUT2D eigenvalue weighted by Crippen LogP contribution is -2.15. The highest BCUT2D eigenvalue weighted by Gasteiger charge is 2.18. The zero-order valence-electron chi connectivity index (χ0n) is 20.3. The van der Waals surface area contributed by atoms with Crippen LogP contribution < -0.4 is 9.47 Å². The van der Waals surface area contributed by atoms with Gasteiger partial charge in [-0.3, -0.25) is 0 Å². The second-order valence-electron chi connectivity index (χ2n) is 6.59. The van der Waals surface area contributed by atoms with Crippen molar-refractivity contribution in [3.05, 3.63) is 83.9 Å². The van der Waals surface area contributed by atoms with E-state index in [0.717, 1.165) is 11.1 Å². The molecule has 6 nitrogen and oxygen atoms in total. The molecule has 0 aliphatic heterocycles. The van der Waals surface area contributed by atoms with Crippen molar-refractivity contribution >= 4 is 35.8 Å². The fourth-order valence-electron chi connectivity index (χ4n) is 3.13. The van der Waals surface area contributed by atoms with E-state index >= 15 is 0 Å². The average molecular weight is 481 g/mol. The lowest BCUT2D eigenvalue weighted by atomic mass is 10.1. The number of aliphatic imine (C=N–C) groups is 2. The van der Waals surface area contributed by atoms with E-state index in [1.54, 1.807) is 20.5 Å². The van der Waals surface area contributed by atoms with Gasteiger partial charge in [0, 0.05) is 11.1 Å². The number of para-hydroxylation sites is 4. The van der Waals surface area contributed by atoms with E-state index in [1.165, 1.54) is 0 Å². The second-order valence-corrected chi connectivity index (χ2v) is 6.59.